The van der Waals surface area contributed by atoms with Gasteiger partial charge in [0.25, 0.3) is 10.0 Å². The Morgan fingerprint density at radius 1 is 1.20 bits per heavy atom. The molecule has 0 aliphatic carbocycles. The second-order valence-corrected chi connectivity index (χ2v) is 6.81. The van der Waals surface area contributed by atoms with E-state index in [0.29, 0.717) is 5.56 Å². The SMILES string of the molecule is COC(=O)C(NS(=O)(=O)c1cccs1)c1ccccc1. The molecule has 20 heavy (non-hydrogen) atoms. The van der Waals surface area contributed by atoms with Crippen LogP contribution in [0.3, 0.4) is 0 Å². The van der Waals surface area contributed by atoms with E-state index < -0.39 is 22.0 Å². The van der Waals surface area contributed by atoms with E-state index in [1.54, 1.807) is 41.8 Å². The van der Waals surface area contributed by atoms with Crippen molar-refractivity contribution in [1.82, 2.24) is 4.72 Å². The molecule has 0 fully saturated rings. The van der Waals surface area contributed by atoms with E-state index in [-0.39, 0.29) is 4.21 Å². The first-order valence-corrected chi connectivity index (χ1v) is 8.09. The molecule has 0 saturated heterocycles. The van der Waals surface area contributed by atoms with E-state index in [4.69, 9.17) is 0 Å². The number of hydrogen-bond donors (Lipinski definition) is 1. The van der Waals surface area contributed by atoms with Gasteiger partial charge in [0.1, 0.15) is 10.3 Å². The van der Waals surface area contributed by atoms with Gasteiger partial charge in [0, 0.05) is 0 Å². The van der Waals surface area contributed by atoms with Crippen molar-refractivity contribution in [3.8, 4) is 0 Å². The van der Waals surface area contributed by atoms with Gasteiger partial charge in [-0.3, -0.25) is 0 Å². The van der Waals surface area contributed by atoms with Crippen molar-refractivity contribution >= 4 is 27.3 Å². The van der Waals surface area contributed by atoms with Crippen LogP contribution in [0.25, 0.3) is 0 Å². The number of methoxy groups -OCH3 is 1. The van der Waals surface area contributed by atoms with Crippen LogP contribution >= 0.6 is 11.3 Å². The first-order valence-electron chi connectivity index (χ1n) is 5.73. The van der Waals surface area contributed by atoms with E-state index in [9.17, 15) is 13.2 Å². The molecule has 1 unspecified atom stereocenters. The minimum atomic E-state index is -3.75. The second-order valence-electron chi connectivity index (χ2n) is 3.92. The van der Waals surface area contributed by atoms with Crippen LogP contribution in [0.4, 0.5) is 0 Å². The van der Waals surface area contributed by atoms with Gasteiger partial charge < -0.3 is 4.74 Å². The Balaban J connectivity index is 2.33. The largest absolute Gasteiger partial charge is 0.468 e. The Bertz CT molecular complexity index is 666. The Morgan fingerprint density at radius 3 is 2.45 bits per heavy atom. The number of ether oxygens (including phenoxy) is 1. The summed E-state index contributed by atoms with van der Waals surface area (Å²) in [5, 5.41) is 1.66. The highest BCUT2D eigenvalue weighted by atomic mass is 32.2. The molecule has 0 radical (unpaired) electrons. The quantitative estimate of drug-likeness (QED) is 0.857. The number of esters is 1. The summed E-state index contributed by atoms with van der Waals surface area (Å²) in [7, 11) is -2.53. The first kappa shape index (κ1) is 14.7. The van der Waals surface area contributed by atoms with Crippen molar-refractivity contribution in [2.45, 2.75) is 10.3 Å². The molecule has 106 valence electrons. The number of sulfonamides is 1. The molecule has 1 aromatic heterocycles. The molecule has 0 aliphatic rings. The van der Waals surface area contributed by atoms with Crippen molar-refractivity contribution in [2.75, 3.05) is 7.11 Å². The van der Waals surface area contributed by atoms with Crippen LogP contribution in [-0.2, 0) is 19.6 Å². The highest BCUT2D eigenvalue weighted by Crippen LogP contribution is 2.21. The fourth-order valence-corrected chi connectivity index (χ4v) is 3.83. The molecule has 1 heterocycles. The van der Waals surface area contributed by atoms with Gasteiger partial charge in [0.2, 0.25) is 0 Å². The zero-order valence-corrected chi connectivity index (χ0v) is 12.3. The van der Waals surface area contributed by atoms with Crippen LogP contribution in [-0.4, -0.2) is 21.5 Å². The normalized spacial score (nSPS) is 12.8. The summed E-state index contributed by atoms with van der Waals surface area (Å²) in [6.45, 7) is 0. The third-order valence-corrected chi connectivity index (χ3v) is 5.42. The Morgan fingerprint density at radius 2 is 1.90 bits per heavy atom. The van der Waals surface area contributed by atoms with Gasteiger partial charge in [-0.15, -0.1) is 11.3 Å². The van der Waals surface area contributed by atoms with Crippen LogP contribution in [0, 0.1) is 0 Å². The summed E-state index contributed by atoms with van der Waals surface area (Å²) in [6, 6.07) is 10.6. The lowest BCUT2D eigenvalue weighted by atomic mass is 10.1. The number of nitrogens with one attached hydrogen (secondary N) is 1. The molecule has 0 saturated carbocycles. The minimum absolute atomic E-state index is 0.155. The number of rotatable bonds is 5. The number of benzene rings is 1. The highest BCUT2D eigenvalue weighted by Gasteiger charge is 2.28. The lowest BCUT2D eigenvalue weighted by Crippen LogP contribution is -2.34. The third kappa shape index (κ3) is 3.24. The van der Waals surface area contributed by atoms with Crippen LogP contribution < -0.4 is 4.72 Å². The molecule has 0 spiro atoms. The van der Waals surface area contributed by atoms with E-state index in [1.807, 2.05) is 0 Å². The lowest BCUT2D eigenvalue weighted by Gasteiger charge is -2.16. The van der Waals surface area contributed by atoms with Gasteiger partial charge in [-0.2, -0.15) is 4.72 Å². The summed E-state index contributed by atoms with van der Waals surface area (Å²) in [6.07, 6.45) is 0. The van der Waals surface area contributed by atoms with Crippen molar-refractivity contribution in [3.63, 3.8) is 0 Å². The lowest BCUT2D eigenvalue weighted by molar-refractivity contribution is -0.142. The average molecular weight is 311 g/mol. The minimum Gasteiger partial charge on any atom is -0.468 e. The molecule has 0 bridgehead atoms. The average Bonchev–Trinajstić information content (AvgIpc) is 3.00. The van der Waals surface area contributed by atoms with Crippen molar-refractivity contribution < 1.29 is 17.9 Å². The van der Waals surface area contributed by atoms with Crippen LogP contribution in [0.1, 0.15) is 11.6 Å². The monoisotopic (exact) mass is 311 g/mol. The second kappa shape index (κ2) is 6.17. The maximum Gasteiger partial charge on any atom is 0.328 e. The molecule has 5 nitrogen and oxygen atoms in total. The van der Waals surface area contributed by atoms with Gasteiger partial charge in [-0.25, -0.2) is 13.2 Å². The number of thiophene rings is 1. The summed E-state index contributed by atoms with van der Waals surface area (Å²) < 4.78 is 31.6. The Hall–Kier alpha value is -1.70. The van der Waals surface area contributed by atoms with Gasteiger partial charge >= 0.3 is 5.97 Å². The van der Waals surface area contributed by atoms with E-state index in [2.05, 4.69) is 9.46 Å². The maximum atomic E-state index is 12.2. The molecule has 2 rings (SSSR count). The maximum absolute atomic E-state index is 12.2. The highest BCUT2D eigenvalue weighted by molar-refractivity contribution is 7.91. The van der Waals surface area contributed by atoms with Crippen molar-refractivity contribution in [3.05, 3.63) is 53.4 Å². The Labute approximate surface area is 121 Å². The van der Waals surface area contributed by atoms with Gasteiger partial charge in [-0.1, -0.05) is 36.4 Å². The van der Waals surface area contributed by atoms with Gasteiger partial charge in [-0.05, 0) is 17.0 Å². The van der Waals surface area contributed by atoms with E-state index >= 15 is 0 Å². The summed E-state index contributed by atoms with van der Waals surface area (Å²) in [4.78, 5) is 11.8. The van der Waals surface area contributed by atoms with Crippen molar-refractivity contribution in [1.29, 1.82) is 0 Å². The number of carbonyl (C=O) groups excluding carboxylic acids is 1. The standard InChI is InChI=1S/C13H13NO4S2/c1-18-13(15)12(10-6-3-2-4-7-10)14-20(16,17)11-8-5-9-19-11/h2-9,12,14H,1H3. The molecule has 1 atom stereocenters. The summed E-state index contributed by atoms with van der Waals surface area (Å²) >= 11 is 1.08. The van der Waals surface area contributed by atoms with Crippen LogP contribution in [0.15, 0.2) is 52.1 Å². The topological polar surface area (TPSA) is 72.5 Å². The van der Waals surface area contributed by atoms with Gasteiger partial charge in [0.15, 0.2) is 0 Å². The van der Waals surface area contributed by atoms with Crippen molar-refractivity contribution in [2.24, 2.45) is 0 Å². The smallest absolute Gasteiger partial charge is 0.328 e. The van der Waals surface area contributed by atoms with Crippen LogP contribution in [0.2, 0.25) is 0 Å². The molecular weight excluding hydrogens is 298 g/mol. The number of carbonyl (C=O) groups is 1. The predicted octanol–water partition coefficient (Wildman–Crippen LogP) is 1.94. The first-order chi connectivity index (χ1) is 9.54. The van der Waals surface area contributed by atoms with E-state index in [0.717, 1.165) is 11.3 Å². The number of hydrogen-bond acceptors (Lipinski definition) is 5. The summed E-state index contributed by atoms with van der Waals surface area (Å²) in [5.41, 5.74) is 0.527. The predicted molar refractivity (Wildman–Crippen MR) is 75.8 cm³/mol. The van der Waals surface area contributed by atoms with E-state index in [1.165, 1.54) is 13.2 Å². The molecule has 0 aliphatic heterocycles. The van der Waals surface area contributed by atoms with Crippen LogP contribution in [0.5, 0.6) is 0 Å². The summed E-state index contributed by atoms with van der Waals surface area (Å²) in [5.74, 6) is -0.656. The third-order valence-electron chi connectivity index (χ3n) is 2.60. The molecular formula is C13H13NO4S2. The van der Waals surface area contributed by atoms with Gasteiger partial charge in [0.05, 0.1) is 7.11 Å². The zero-order valence-electron chi connectivity index (χ0n) is 10.6. The molecule has 7 heteroatoms. The molecule has 0 amide bonds. The Kier molecular flexibility index (Phi) is 4.53. The fourth-order valence-electron chi connectivity index (χ4n) is 1.65. The molecule has 1 aromatic carbocycles. The molecule has 2 aromatic rings. The zero-order chi connectivity index (χ0) is 14.6. The molecule has 1 N–H and O–H groups in total. The fraction of sp³-hybridized carbons (Fsp3) is 0.154.